The zero-order valence-electron chi connectivity index (χ0n) is 9.79. The predicted molar refractivity (Wildman–Crippen MR) is 66.2 cm³/mol. The van der Waals surface area contributed by atoms with Gasteiger partial charge < -0.3 is 14.3 Å². The molecule has 17 heavy (non-hydrogen) atoms. The van der Waals surface area contributed by atoms with E-state index in [2.05, 4.69) is 0 Å². The third kappa shape index (κ3) is 2.39. The number of fused-ring (bicyclic) bond motifs is 1. The number of benzene rings is 1. The summed E-state index contributed by atoms with van der Waals surface area (Å²) in [6.45, 7) is 3.17. The van der Waals surface area contributed by atoms with Crippen LogP contribution in [0.4, 0.5) is 0 Å². The maximum atomic E-state index is 10.5. The lowest BCUT2D eigenvalue weighted by Crippen LogP contribution is -2.17. The first-order valence-electron chi connectivity index (χ1n) is 5.81. The molecule has 0 N–H and O–H groups in total. The van der Waals surface area contributed by atoms with Gasteiger partial charge in [0.25, 0.3) is 0 Å². The van der Waals surface area contributed by atoms with E-state index >= 15 is 0 Å². The van der Waals surface area contributed by atoms with Crippen LogP contribution in [0.1, 0.15) is 24.5 Å². The number of ether oxygens (including phenoxy) is 2. The lowest BCUT2D eigenvalue weighted by atomic mass is 9.99. The van der Waals surface area contributed by atoms with E-state index in [1.807, 2.05) is 6.92 Å². The number of carbonyl (C=O) groups excluding carboxylic acids is 1. The third-order valence-corrected chi connectivity index (χ3v) is 3.20. The van der Waals surface area contributed by atoms with Crippen LogP contribution in [0.25, 0.3) is 0 Å². The summed E-state index contributed by atoms with van der Waals surface area (Å²) in [7, 11) is 0. The van der Waals surface area contributed by atoms with Gasteiger partial charge in [-0.25, -0.2) is 0 Å². The molecule has 1 heterocycles. The number of halogens is 1. The molecule has 0 spiro atoms. The summed E-state index contributed by atoms with van der Waals surface area (Å²) in [5.74, 6) is 1.51. The van der Waals surface area contributed by atoms with Crippen molar-refractivity contribution in [3.8, 4) is 11.5 Å². The molecule has 1 aromatic carbocycles. The SMILES string of the molecule is CCc1c(CCC=O)c(Cl)cc2c1OCCO2. The number of rotatable bonds is 4. The van der Waals surface area contributed by atoms with Crippen LogP contribution in [0.3, 0.4) is 0 Å². The summed E-state index contributed by atoms with van der Waals surface area (Å²) in [5.41, 5.74) is 2.07. The maximum Gasteiger partial charge on any atom is 0.164 e. The molecular weight excluding hydrogens is 240 g/mol. The van der Waals surface area contributed by atoms with Crippen LogP contribution in [0.15, 0.2) is 6.07 Å². The first kappa shape index (κ1) is 12.2. The summed E-state index contributed by atoms with van der Waals surface area (Å²) in [5, 5.41) is 0.660. The zero-order valence-corrected chi connectivity index (χ0v) is 10.5. The van der Waals surface area contributed by atoms with E-state index in [1.165, 1.54) is 0 Å². The summed E-state index contributed by atoms with van der Waals surface area (Å²) < 4.78 is 11.2. The minimum atomic E-state index is 0.479. The molecule has 1 aromatic rings. The van der Waals surface area contributed by atoms with Crippen LogP contribution in [-0.2, 0) is 17.6 Å². The molecule has 0 radical (unpaired) electrons. The van der Waals surface area contributed by atoms with Gasteiger partial charge in [0.15, 0.2) is 11.5 Å². The molecule has 0 amide bonds. The Bertz CT molecular complexity index is 429. The van der Waals surface area contributed by atoms with E-state index in [-0.39, 0.29) is 0 Å². The minimum Gasteiger partial charge on any atom is -0.486 e. The fourth-order valence-corrected chi connectivity index (χ4v) is 2.41. The highest BCUT2D eigenvalue weighted by Crippen LogP contribution is 2.40. The van der Waals surface area contributed by atoms with Gasteiger partial charge in [0.2, 0.25) is 0 Å². The van der Waals surface area contributed by atoms with Gasteiger partial charge in [-0.3, -0.25) is 0 Å². The molecule has 4 heteroatoms. The van der Waals surface area contributed by atoms with Crippen LogP contribution in [0.5, 0.6) is 11.5 Å². The Kier molecular flexibility index (Phi) is 3.89. The van der Waals surface area contributed by atoms with Crippen molar-refractivity contribution < 1.29 is 14.3 Å². The van der Waals surface area contributed by atoms with E-state index in [0.717, 1.165) is 29.6 Å². The smallest absolute Gasteiger partial charge is 0.164 e. The van der Waals surface area contributed by atoms with E-state index in [1.54, 1.807) is 6.07 Å². The Morgan fingerprint density at radius 3 is 2.82 bits per heavy atom. The van der Waals surface area contributed by atoms with Crippen molar-refractivity contribution in [1.82, 2.24) is 0 Å². The summed E-state index contributed by atoms with van der Waals surface area (Å²) in [6.07, 6.45) is 2.86. The highest BCUT2D eigenvalue weighted by Gasteiger charge is 2.20. The van der Waals surface area contributed by atoms with Gasteiger partial charge in [-0.05, 0) is 18.4 Å². The molecule has 0 saturated heterocycles. The van der Waals surface area contributed by atoms with Gasteiger partial charge in [0.1, 0.15) is 19.5 Å². The van der Waals surface area contributed by atoms with E-state index in [9.17, 15) is 4.79 Å². The van der Waals surface area contributed by atoms with Gasteiger partial charge in [0.05, 0.1) is 0 Å². The second kappa shape index (κ2) is 5.41. The first-order valence-corrected chi connectivity index (χ1v) is 6.19. The normalized spacial score (nSPS) is 13.5. The summed E-state index contributed by atoms with van der Waals surface area (Å²) in [6, 6.07) is 1.79. The Hall–Kier alpha value is -1.22. The molecule has 0 fully saturated rings. The van der Waals surface area contributed by atoms with Crippen molar-refractivity contribution in [2.24, 2.45) is 0 Å². The predicted octanol–water partition coefficient (Wildman–Crippen LogP) is 2.81. The Labute approximate surface area is 106 Å². The highest BCUT2D eigenvalue weighted by molar-refractivity contribution is 6.31. The van der Waals surface area contributed by atoms with Gasteiger partial charge >= 0.3 is 0 Å². The average Bonchev–Trinajstić information content (AvgIpc) is 2.35. The van der Waals surface area contributed by atoms with Crippen LogP contribution in [-0.4, -0.2) is 19.5 Å². The zero-order chi connectivity index (χ0) is 12.3. The topological polar surface area (TPSA) is 35.5 Å². The molecule has 1 aliphatic rings. The lowest BCUT2D eigenvalue weighted by Gasteiger charge is -2.23. The van der Waals surface area contributed by atoms with E-state index in [0.29, 0.717) is 36.8 Å². The Morgan fingerprint density at radius 2 is 2.12 bits per heavy atom. The molecule has 2 rings (SSSR count). The summed E-state index contributed by atoms with van der Waals surface area (Å²) in [4.78, 5) is 10.5. The highest BCUT2D eigenvalue weighted by atomic mass is 35.5. The largest absolute Gasteiger partial charge is 0.486 e. The van der Waals surface area contributed by atoms with Crippen LogP contribution >= 0.6 is 11.6 Å². The quantitative estimate of drug-likeness (QED) is 0.775. The standard InChI is InChI=1S/C13H15ClO3/c1-2-9-10(4-3-5-15)11(14)8-12-13(9)17-7-6-16-12/h5,8H,2-4,6-7H2,1H3. The fraction of sp³-hybridized carbons (Fsp3) is 0.462. The Morgan fingerprint density at radius 1 is 1.35 bits per heavy atom. The van der Waals surface area contributed by atoms with Crippen LogP contribution in [0, 0.1) is 0 Å². The molecule has 92 valence electrons. The van der Waals surface area contributed by atoms with Crippen LogP contribution < -0.4 is 9.47 Å². The Balaban J connectivity index is 2.46. The molecule has 0 atom stereocenters. The second-order valence-electron chi connectivity index (χ2n) is 3.90. The lowest BCUT2D eigenvalue weighted by molar-refractivity contribution is -0.107. The van der Waals surface area contributed by atoms with Crippen molar-refractivity contribution in [2.75, 3.05) is 13.2 Å². The fourth-order valence-electron chi connectivity index (χ4n) is 2.11. The van der Waals surface area contributed by atoms with Crippen molar-refractivity contribution in [2.45, 2.75) is 26.2 Å². The molecule has 0 aromatic heterocycles. The number of hydrogen-bond acceptors (Lipinski definition) is 3. The average molecular weight is 255 g/mol. The molecule has 0 unspecified atom stereocenters. The second-order valence-corrected chi connectivity index (χ2v) is 4.31. The molecule has 1 aliphatic heterocycles. The van der Waals surface area contributed by atoms with Crippen molar-refractivity contribution in [1.29, 1.82) is 0 Å². The molecule has 3 nitrogen and oxygen atoms in total. The van der Waals surface area contributed by atoms with Crippen molar-refractivity contribution in [3.05, 3.63) is 22.2 Å². The van der Waals surface area contributed by atoms with Crippen molar-refractivity contribution in [3.63, 3.8) is 0 Å². The van der Waals surface area contributed by atoms with Crippen molar-refractivity contribution >= 4 is 17.9 Å². The van der Waals surface area contributed by atoms with Gasteiger partial charge in [-0.15, -0.1) is 0 Å². The molecular formula is C13H15ClO3. The maximum absolute atomic E-state index is 10.5. The molecule has 0 aliphatic carbocycles. The van der Waals surface area contributed by atoms with E-state index in [4.69, 9.17) is 21.1 Å². The van der Waals surface area contributed by atoms with Gasteiger partial charge in [-0.2, -0.15) is 0 Å². The van der Waals surface area contributed by atoms with E-state index < -0.39 is 0 Å². The molecule has 0 bridgehead atoms. The number of carbonyl (C=O) groups is 1. The van der Waals surface area contributed by atoms with Gasteiger partial charge in [-0.1, -0.05) is 18.5 Å². The minimum absolute atomic E-state index is 0.479. The third-order valence-electron chi connectivity index (χ3n) is 2.86. The number of hydrogen-bond donors (Lipinski definition) is 0. The number of aldehydes is 1. The van der Waals surface area contributed by atoms with Crippen LogP contribution in [0.2, 0.25) is 5.02 Å². The first-order chi connectivity index (χ1) is 8.27. The summed E-state index contributed by atoms with van der Waals surface area (Å²) >= 11 is 6.23. The molecule has 0 saturated carbocycles. The van der Waals surface area contributed by atoms with Gasteiger partial charge in [0, 0.05) is 23.1 Å². The monoisotopic (exact) mass is 254 g/mol.